The highest BCUT2D eigenvalue weighted by molar-refractivity contribution is 5.96. The van der Waals surface area contributed by atoms with E-state index in [-0.39, 0.29) is 5.56 Å². The number of aryl methyl sites for hydroxylation is 2. The number of hydrogen-bond donors (Lipinski definition) is 1. The van der Waals surface area contributed by atoms with E-state index in [1.807, 2.05) is 27.9 Å². The number of hydrogen-bond acceptors (Lipinski definition) is 8. The monoisotopic (exact) mass is 569 g/mol. The van der Waals surface area contributed by atoms with Gasteiger partial charge in [-0.25, -0.2) is 19.6 Å². The van der Waals surface area contributed by atoms with Gasteiger partial charge in [-0.2, -0.15) is 5.10 Å². The number of benzene rings is 2. The van der Waals surface area contributed by atoms with E-state index in [0.29, 0.717) is 39.5 Å². The first-order valence-corrected chi connectivity index (χ1v) is 12.2. The molecule has 0 fully saturated rings. The van der Waals surface area contributed by atoms with E-state index in [1.54, 1.807) is 34.1 Å². The lowest BCUT2D eigenvalue weighted by Gasteiger charge is -2.19. The van der Waals surface area contributed by atoms with Crippen molar-refractivity contribution in [3.8, 4) is 11.4 Å². The molecule has 2 aromatic carbocycles. The molecule has 1 atom stereocenters. The Bertz CT molecular complexity index is 1630. The van der Waals surface area contributed by atoms with Crippen molar-refractivity contribution in [1.82, 2.24) is 24.6 Å². The number of aliphatic imine (C=N–C) groups is 1. The molecule has 0 spiro atoms. The van der Waals surface area contributed by atoms with E-state index < -0.39 is 30.1 Å². The maximum absolute atomic E-state index is 13.2. The Balaban J connectivity index is 1.65. The Morgan fingerprint density at radius 3 is 2.54 bits per heavy atom. The molecule has 214 valence electrons. The fraction of sp³-hybridized carbons (Fsp3) is 0.259. The number of nitrogens with zero attached hydrogens (tertiary/aromatic N) is 6. The van der Waals surface area contributed by atoms with Crippen LogP contribution in [0.5, 0.6) is 5.75 Å². The van der Waals surface area contributed by atoms with Crippen LogP contribution in [0.1, 0.15) is 29.8 Å². The summed E-state index contributed by atoms with van der Waals surface area (Å²) in [7, 11) is 3.67. The molecule has 11 nitrogen and oxygen atoms in total. The van der Waals surface area contributed by atoms with E-state index in [4.69, 9.17) is 4.74 Å². The second-order valence-electron chi connectivity index (χ2n) is 9.20. The molecule has 0 aliphatic heterocycles. The summed E-state index contributed by atoms with van der Waals surface area (Å²) < 4.78 is 48.8. The summed E-state index contributed by atoms with van der Waals surface area (Å²) in [4.78, 5) is 39.7. The lowest BCUT2D eigenvalue weighted by atomic mass is 10.1. The van der Waals surface area contributed by atoms with Crippen LogP contribution in [-0.4, -0.2) is 63.3 Å². The largest absolute Gasteiger partial charge is 0.573 e. The van der Waals surface area contributed by atoms with Crippen molar-refractivity contribution in [2.45, 2.75) is 33.2 Å². The Labute approximate surface area is 232 Å². The SMILES string of the molecule is CC(=O)OC(C(=O)Nc1ccc(-n2nc(C)c3ncnc(N=CN(C)C)c32)c(C)c1)c1cccc(OC(F)(F)F)c1. The molecule has 0 bridgehead atoms. The Morgan fingerprint density at radius 1 is 1.12 bits per heavy atom. The Hall–Kier alpha value is -5.01. The summed E-state index contributed by atoms with van der Waals surface area (Å²) in [6, 6.07) is 9.69. The molecule has 14 heteroatoms. The molecule has 1 unspecified atom stereocenters. The van der Waals surface area contributed by atoms with Crippen molar-refractivity contribution in [3.63, 3.8) is 0 Å². The number of esters is 1. The van der Waals surface area contributed by atoms with Crippen LogP contribution in [0.2, 0.25) is 0 Å². The van der Waals surface area contributed by atoms with Crippen molar-refractivity contribution in [3.05, 3.63) is 65.6 Å². The second kappa shape index (κ2) is 11.6. The summed E-state index contributed by atoms with van der Waals surface area (Å²) in [6.45, 7) is 4.72. The average molecular weight is 570 g/mol. The molecular weight excluding hydrogens is 543 g/mol. The molecule has 0 aliphatic carbocycles. The van der Waals surface area contributed by atoms with Crippen LogP contribution in [-0.2, 0) is 14.3 Å². The van der Waals surface area contributed by atoms with Gasteiger partial charge < -0.3 is 19.7 Å². The maximum Gasteiger partial charge on any atom is 0.573 e. The predicted octanol–water partition coefficient (Wildman–Crippen LogP) is 4.80. The van der Waals surface area contributed by atoms with Crippen molar-refractivity contribution >= 4 is 40.8 Å². The minimum atomic E-state index is -4.93. The summed E-state index contributed by atoms with van der Waals surface area (Å²) in [5.41, 5.74) is 3.63. The van der Waals surface area contributed by atoms with Crippen LogP contribution < -0.4 is 10.1 Å². The molecule has 1 N–H and O–H groups in total. The molecule has 2 aromatic heterocycles. The molecule has 2 heterocycles. The third-order valence-corrected chi connectivity index (χ3v) is 5.63. The van der Waals surface area contributed by atoms with Gasteiger partial charge in [0.15, 0.2) is 5.82 Å². The molecule has 0 saturated carbocycles. The number of rotatable bonds is 8. The van der Waals surface area contributed by atoms with Gasteiger partial charge in [0.25, 0.3) is 5.91 Å². The van der Waals surface area contributed by atoms with Gasteiger partial charge in [0.05, 0.1) is 17.7 Å². The number of nitrogens with one attached hydrogen (secondary N) is 1. The fourth-order valence-corrected chi connectivity index (χ4v) is 4.01. The molecule has 4 aromatic rings. The summed E-state index contributed by atoms with van der Waals surface area (Å²) in [5, 5.41) is 7.28. The first-order chi connectivity index (χ1) is 19.3. The number of halogens is 3. The number of fused-ring (bicyclic) bond motifs is 1. The van der Waals surface area contributed by atoms with Gasteiger partial charge in [-0.3, -0.25) is 9.59 Å². The van der Waals surface area contributed by atoms with Gasteiger partial charge >= 0.3 is 12.3 Å². The van der Waals surface area contributed by atoms with E-state index >= 15 is 0 Å². The van der Waals surface area contributed by atoms with Crippen molar-refractivity contribution in [2.24, 2.45) is 4.99 Å². The van der Waals surface area contributed by atoms with Crippen LogP contribution in [0.3, 0.4) is 0 Å². The van der Waals surface area contributed by atoms with Crippen LogP contribution in [0.4, 0.5) is 24.7 Å². The first kappa shape index (κ1) is 29.0. The Morgan fingerprint density at radius 2 is 1.88 bits per heavy atom. The summed E-state index contributed by atoms with van der Waals surface area (Å²) in [5.74, 6) is -1.71. The maximum atomic E-state index is 13.2. The van der Waals surface area contributed by atoms with Crippen LogP contribution in [0.25, 0.3) is 16.7 Å². The highest BCUT2D eigenvalue weighted by Crippen LogP contribution is 2.31. The van der Waals surface area contributed by atoms with Gasteiger partial charge in [-0.1, -0.05) is 12.1 Å². The van der Waals surface area contributed by atoms with Crippen molar-refractivity contribution in [1.29, 1.82) is 0 Å². The molecule has 0 aliphatic rings. The number of carbonyl (C=O) groups is 2. The lowest BCUT2D eigenvalue weighted by molar-refractivity contribution is -0.274. The minimum absolute atomic E-state index is 0.00270. The summed E-state index contributed by atoms with van der Waals surface area (Å²) in [6.07, 6.45) is -3.43. The molecular formula is C27H26F3N7O4. The van der Waals surface area contributed by atoms with Gasteiger partial charge in [0.1, 0.15) is 23.1 Å². The number of carbonyl (C=O) groups excluding carboxylic acids is 2. The van der Waals surface area contributed by atoms with Gasteiger partial charge in [0, 0.05) is 32.3 Å². The van der Waals surface area contributed by atoms with E-state index in [1.165, 1.54) is 18.5 Å². The highest BCUT2D eigenvalue weighted by atomic mass is 19.4. The smallest absolute Gasteiger partial charge is 0.447 e. The normalized spacial score (nSPS) is 12.4. The molecule has 4 rings (SSSR count). The summed E-state index contributed by atoms with van der Waals surface area (Å²) >= 11 is 0. The molecule has 0 radical (unpaired) electrons. The topological polar surface area (TPSA) is 124 Å². The fourth-order valence-electron chi connectivity index (χ4n) is 4.01. The van der Waals surface area contributed by atoms with Crippen molar-refractivity contribution in [2.75, 3.05) is 19.4 Å². The van der Waals surface area contributed by atoms with Crippen LogP contribution in [0, 0.1) is 13.8 Å². The molecule has 41 heavy (non-hydrogen) atoms. The van der Waals surface area contributed by atoms with Crippen molar-refractivity contribution < 1.29 is 32.2 Å². The zero-order valence-electron chi connectivity index (χ0n) is 22.7. The standard InChI is InChI=1S/C27H26F3N7O4/c1-15-11-19(34-26(39)24(40-17(3)38)18-7-6-8-20(12-18)41-27(28,29)30)9-10-21(15)37-23-22(16(2)35-37)31-13-32-25(23)33-14-36(4)5/h6-14,24H,1-5H3,(H,34,39). The number of amides is 1. The molecule has 0 saturated heterocycles. The van der Waals surface area contributed by atoms with Crippen LogP contribution >= 0.6 is 0 Å². The van der Waals surface area contributed by atoms with Gasteiger partial charge in [-0.05, 0) is 49.7 Å². The average Bonchev–Trinajstić information content (AvgIpc) is 3.21. The first-order valence-electron chi connectivity index (χ1n) is 12.2. The van der Waals surface area contributed by atoms with Crippen LogP contribution in [0.15, 0.2) is 53.8 Å². The number of alkyl halides is 3. The number of anilines is 1. The van der Waals surface area contributed by atoms with Gasteiger partial charge in [0.2, 0.25) is 6.10 Å². The van der Waals surface area contributed by atoms with E-state index in [2.05, 4.69) is 30.1 Å². The second-order valence-corrected chi connectivity index (χ2v) is 9.20. The third kappa shape index (κ3) is 6.96. The van der Waals surface area contributed by atoms with Gasteiger partial charge in [-0.15, -0.1) is 13.2 Å². The third-order valence-electron chi connectivity index (χ3n) is 5.63. The lowest BCUT2D eigenvalue weighted by Crippen LogP contribution is -2.25. The number of ether oxygens (including phenoxy) is 2. The van der Waals surface area contributed by atoms with E-state index in [9.17, 15) is 22.8 Å². The number of aromatic nitrogens is 4. The highest BCUT2D eigenvalue weighted by Gasteiger charge is 2.32. The quantitative estimate of drug-likeness (QED) is 0.182. The minimum Gasteiger partial charge on any atom is -0.447 e. The Kier molecular flexibility index (Phi) is 8.21. The van der Waals surface area contributed by atoms with E-state index in [0.717, 1.165) is 19.1 Å². The zero-order chi connectivity index (χ0) is 29.9. The molecule has 1 amide bonds. The predicted molar refractivity (Wildman–Crippen MR) is 144 cm³/mol. The zero-order valence-corrected chi connectivity index (χ0v) is 22.7.